The number of aliphatic carboxylic acids is 1. The summed E-state index contributed by atoms with van der Waals surface area (Å²) in [6, 6.07) is 0. The zero-order chi connectivity index (χ0) is 51.8. The molecule has 12 heteroatoms. The van der Waals surface area contributed by atoms with Crippen molar-refractivity contribution in [2.75, 3.05) is 13.2 Å². The third kappa shape index (κ3) is 37.6. The first-order chi connectivity index (χ1) is 34.6. The van der Waals surface area contributed by atoms with Gasteiger partial charge in [0.15, 0.2) is 24.6 Å². The minimum atomic E-state index is -1.93. The van der Waals surface area contributed by atoms with Gasteiger partial charge < -0.3 is 39.0 Å². The summed E-state index contributed by atoms with van der Waals surface area (Å²) in [4.78, 5) is 50.9. The number of hydrogen-bond donors (Lipinski definition) is 3. The molecule has 12 nitrogen and oxygen atoms in total. The molecule has 0 amide bonds. The number of aliphatic hydroxyl groups excluding tert-OH is 2. The van der Waals surface area contributed by atoms with E-state index in [0.717, 1.165) is 83.5 Å². The molecule has 0 aromatic rings. The van der Waals surface area contributed by atoms with Gasteiger partial charge in [0.25, 0.3) is 0 Å². The second kappa shape index (κ2) is 47.2. The lowest BCUT2D eigenvalue weighted by molar-refractivity contribution is -0.301. The van der Waals surface area contributed by atoms with E-state index in [9.17, 15) is 34.5 Å². The van der Waals surface area contributed by atoms with Crippen LogP contribution in [0.5, 0.6) is 0 Å². The lowest BCUT2D eigenvalue weighted by Gasteiger charge is -2.40. The molecular formula is C59H98O12. The SMILES string of the molecule is CC/C=C\C/C=C\C/C=C\C/C=C\C/C=C\CC(=O)OC1C(OCC(COC(=O)CCCCCCCCCCCCCCCCC)OC(=O)CCCCCCC/C=C\CCCC)OC(C(=O)O)C(O)C1O. The molecule has 0 spiro atoms. The van der Waals surface area contributed by atoms with Gasteiger partial charge in [0, 0.05) is 12.8 Å². The van der Waals surface area contributed by atoms with Gasteiger partial charge in [0.1, 0.15) is 18.8 Å². The monoisotopic (exact) mass is 999 g/mol. The highest BCUT2D eigenvalue weighted by atomic mass is 16.7. The fourth-order valence-corrected chi connectivity index (χ4v) is 8.01. The highest BCUT2D eigenvalue weighted by Crippen LogP contribution is 2.26. The van der Waals surface area contributed by atoms with E-state index in [-0.39, 0.29) is 25.9 Å². The number of hydrogen-bond acceptors (Lipinski definition) is 11. The fourth-order valence-electron chi connectivity index (χ4n) is 8.01. The largest absolute Gasteiger partial charge is 0.479 e. The number of esters is 3. The number of unbranched alkanes of at least 4 members (excludes halogenated alkanes) is 21. The van der Waals surface area contributed by atoms with Crippen LogP contribution in [0.25, 0.3) is 0 Å². The molecule has 1 rings (SSSR count). The van der Waals surface area contributed by atoms with Crippen LogP contribution < -0.4 is 0 Å². The molecule has 0 saturated carbocycles. The highest BCUT2D eigenvalue weighted by molar-refractivity contribution is 5.74. The van der Waals surface area contributed by atoms with Gasteiger partial charge in [-0.2, -0.15) is 0 Å². The van der Waals surface area contributed by atoms with Crippen LogP contribution in [0.2, 0.25) is 0 Å². The van der Waals surface area contributed by atoms with Gasteiger partial charge in [-0.15, -0.1) is 0 Å². The van der Waals surface area contributed by atoms with E-state index in [1.165, 1.54) is 83.5 Å². The van der Waals surface area contributed by atoms with E-state index in [1.807, 2.05) is 12.2 Å². The van der Waals surface area contributed by atoms with E-state index in [0.29, 0.717) is 19.3 Å². The smallest absolute Gasteiger partial charge is 0.335 e. The molecule has 0 aromatic heterocycles. The zero-order valence-electron chi connectivity index (χ0n) is 44.4. The molecular weight excluding hydrogens is 901 g/mol. The standard InChI is InChI=1S/C59H98O12/c1-4-7-10-13-16-19-22-24-26-28-31-33-36-39-42-45-51(60)67-48-50(69-52(61)46-43-40-37-34-30-21-18-15-12-9-6-3)49-68-59-57(55(64)54(63)56(71-59)58(65)66)70-53(62)47-44-41-38-35-32-29-27-25-23-20-17-14-11-8-5-2/h8,11,15,17-18,20,25,27,32,35,41,44,50,54-57,59,63-64H,4-7,9-10,12-14,16,19,21-24,26,28-31,33-34,36-40,42-43,45-49H2,1-3H3,(H,65,66)/b11-8-,18-15-,20-17-,27-25-,35-32-,44-41-. The van der Waals surface area contributed by atoms with Crippen molar-refractivity contribution >= 4 is 23.9 Å². The number of rotatable bonds is 46. The van der Waals surface area contributed by atoms with Crippen molar-refractivity contribution in [2.45, 2.75) is 263 Å². The third-order valence-electron chi connectivity index (χ3n) is 12.3. The van der Waals surface area contributed by atoms with Crippen molar-refractivity contribution in [1.29, 1.82) is 0 Å². The van der Waals surface area contributed by atoms with Crippen LogP contribution in [-0.4, -0.2) is 89.2 Å². The van der Waals surface area contributed by atoms with Crippen LogP contribution >= 0.6 is 0 Å². The molecule has 1 aliphatic heterocycles. The number of allylic oxidation sites excluding steroid dienone is 11. The minimum absolute atomic E-state index is 0.141. The number of carbonyl (C=O) groups excluding carboxylic acids is 3. The molecule has 0 bridgehead atoms. The van der Waals surface area contributed by atoms with Gasteiger partial charge in [-0.25, -0.2) is 4.79 Å². The lowest BCUT2D eigenvalue weighted by Crippen LogP contribution is -2.61. The summed E-state index contributed by atoms with van der Waals surface area (Å²) in [5, 5.41) is 31.3. The van der Waals surface area contributed by atoms with Crippen molar-refractivity contribution in [3.63, 3.8) is 0 Å². The molecule has 6 unspecified atom stereocenters. The Balaban J connectivity index is 2.75. The first-order valence-corrected chi connectivity index (χ1v) is 27.9. The van der Waals surface area contributed by atoms with Crippen LogP contribution in [0.3, 0.4) is 0 Å². The van der Waals surface area contributed by atoms with E-state index < -0.39 is 67.3 Å². The van der Waals surface area contributed by atoms with Crippen LogP contribution in [0.4, 0.5) is 0 Å². The lowest BCUT2D eigenvalue weighted by atomic mass is 9.98. The summed E-state index contributed by atoms with van der Waals surface area (Å²) in [6.07, 6.45) is 46.3. The quantitative estimate of drug-likeness (QED) is 0.0228. The molecule has 0 radical (unpaired) electrons. The van der Waals surface area contributed by atoms with Gasteiger partial charge in [-0.05, 0) is 64.2 Å². The van der Waals surface area contributed by atoms with Crippen molar-refractivity contribution in [3.8, 4) is 0 Å². The van der Waals surface area contributed by atoms with Gasteiger partial charge in [-0.3, -0.25) is 14.4 Å². The number of aliphatic hydroxyl groups is 2. The molecule has 0 aromatic carbocycles. The van der Waals surface area contributed by atoms with Crippen LogP contribution in [0, 0.1) is 0 Å². The van der Waals surface area contributed by atoms with Gasteiger partial charge >= 0.3 is 23.9 Å². The van der Waals surface area contributed by atoms with Gasteiger partial charge in [0.2, 0.25) is 0 Å². The van der Waals surface area contributed by atoms with E-state index >= 15 is 0 Å². The summed E-state index contributed by atoms with van der Waals surface area (Å²) in [5.74, 6) is -3.29. The maximum atomic E-state index is 13.1. The van der Waals surface area contributed by atoms with Gasteiger partial charge in [-0.1, -0.05) is 216 Å². The first-order valence-electron chi connectivity index (χ1n) is 27.9. The Bertz CT molecular complexity index is 1510. The molecule has 3 N–H and O–H groups in total. The molecule has 406 valence electrons. The Morgan fingerprint density at radius 2 is 0.944 bits per heavy atom. The Morgan fingerprint density at radius 1 is 0.493 bits per heavy atom. The Morgan fingerprint density at radius 3 is 1.45 bits per heavy atom. The summed E-state index contributed by atoms with van der Waals surface area (Å²) in [7, 11) is 0. The van der Waals surface area contributed by atoms with Gasteiger partial charge in [0.05, 0.1) is 13.0 Å². The average molecular weight is 999 g/mol. The minimum Gasteiger partial charge on any atom is -0.479 e. The third-order valence-corrected chi connectivity index (χ3v) is 12.3. The van der Waals surface area contributed by atoms with E-state index in [1.54, 1.807) is 12.2 Å². The highest BCUT2D eigenvalue weighted by Gasteiger charge is 2.50. The zero-order valence-corrected chi connectivity index (χ0v) is 44.4. The van der Waals surface area contributed by atoms with Crippen molar-refractivity contribution < 1.29 is 58.2 Å². The van der Waals surface area contributed by atoms with Crippen molar-refractivity contribution in [1.82, 2.24) is 0 Å². The summed E-state index contributed by atoms with van der Waals surface area (Å²) >= 11 is 0. The summed E-state index contributed by atoms with van der Waals surface area (Å²) in [5.41, 5.74) is 0. The molecule has 1 fully saturated rings. The predicted molar refractivity (Wildman–Crippen MR) is 285 cm³/mol. The maximum Gasteiger partial charge on any atom is 0.335 e. The Hall–Kier alpha value is -3.84. The first kappa shape index (κ1) is 65.2. The molecule has 71 heavy (non-hydrogen) atoms. The predicted octanol–water partition coefficient (Wildman–Crippen LogP) is 13.8. The average Bonchev–Trinajstić information content (AvgIpc) is 3.35. The fraction of sp³-hybridized carbons (Fsp3) is 0.729. The maximum absolute atomic E-state index is 13.1. The number of ether oxygens (including phenoxy) is 5. The van der Waals surface area contributed by atoms with Crippen molar-refractivity contribution in [2.24, 2.45) is 0 Å². The molecule has 0 aliphatic carbocycles. The molecule has 1 saturated heterocycles. The van der Waals surface area contributed by atoms with Crippen LogP contribution in [0.1, 0.15) is 226 Å². The Kier molecular flexibility index (Phi) is 43.3. The topological polar surface area (TPSA) is 175 Å². The summed E-state index contributed by atoms with van der Waals surface area (Å²) in [6.45, 7) is 5.78. The molecule has 6 atom stereocenters. The summed E-state index contributed by atoms with van der Waals surface area (Å²) < 4.78 is 28.2. The number of carbonyl (C=O) groups is 4. The van der Waals surface area contributed by atoms with E-state index in [2.05, 4.69) is 69.4 Å². The number of carboxylic acids is 1. The molecule has 1 heterocycles. The van der Waals surface area contributed by atoms with Crippen LogP contribution in [-0.2, 0) is 42.9 Å². The van der Waals surface area contributed by atoms with Crippen LogP contribution in [0.15, 0.2) is 72.9 Å². The second-order valence-electron chi connectivity index (χ2n) is 18.9. The van der Waals surface area contributed by atoms with Crippen molar-refractivity contribution in [3.05, 3.63) is 72.9 Å². The second-order valence-corrected chi connectivity index (χ2v) is 18.9. The normalized spacial score (nSPS) is 19.0. The van der Waals surface area contributed by atoms with E-state index in [4.69, 9.17) is 23.7 Å². The number of carboxylic acid groups (broad SMARTS) is 1. The Labute approximate surface area is 429 Å². The molecule has 1 aliphatic rings.